The molecule has 1 heteroatoms. The number of aryl methyl sites for hydroxylation is 2. The van der Waals surface area contributed by atoms with Gasteiger partial charge >= 0.3 is 0 Å². The molecule has 1 nitrogen and oxygen atoms in total. The van der Waals surface area contributed by atoms with Gasteiger partial charge in [0, 0.05) is 16.3 Å². The van der Waals surface area contributed by atoms with Crippen LogP contribution >= 0.6 is 0 Å². The molecule has 49 heavy (non-hydrogen) atoms. The molecule has 0 N–H and O–H groups in total. The number of rotatable bonds is 4. The molecule has 0 spiro atoms. The first kappa shape index (κ1) is 27.9. The summed E-state index contributed by atoms with van der Waals surface area (Å²) in [5.74, 6) is 0. The van der Waals surface area contributed by atoms with Crippen LogP contribution in [0.5, 0.6) is 0 Å². The minimum absolute atomic E-state index is 0.921. The van der Waals surface area contributed by atoms with Crippen LogP contribution in [0.1, 0.15) is 11.1 Å². The average Bonchev–Trinajstić information content (AvgIpc) is 3.53. The van der Waals surface area contributed by atoms with E-state index in [1.54, 1.807) is 0 Å². The smallest absolute Gasteiger partial charge is 0.143 e. The Kier molecular flexibility index (Phi) is 6.07. The highest BCUT2D eigenvalue weighted by Crippen LogP contribution is 2.46. The molecule has 1 aromatic heterocycles. The number of hydrogen-bond acceptors (Lipinski definition) is 1. The van der Waals surface area contributed by atoms with Crippen molar-refractivity contribution in [3.63, 3.8) is 0 Å². The van der Waals surface area contributed by atoms with Crippen molar-refractivity contribution in [3.05, 3.63) is 169 Å². The molecule has 0 amide bonds. The Morgan fingerprint density at radius 1 is 0.347 bits per heavy atom. The Labute approximate surface area is 285 Å². The summed E-state index contributed by atoms with van der Waals surface area (Å²) in [5, 5.41) is 10.1. The van der Waals surface area contributed by atoms with Crippen molar-refractivity contribution in [3.8, 4) is 44.5 Å². The first-order valence-corrected chi connectivity index (χ1v) is 17.0. The number of para-hydroxylation sites is 2. The van der Waals surface area contributed by atoms with Gasteiger partial charge in [-0.15, -0.1) is 0 Å². The first-order valence-electron chi connectivity index (χ1n) is 17.0. The van der Waals surface area contributed by atoms with Crippen molar-refractivity contribution in [1.29, 1.82) is 0 Å². The van der Waals surface area contributed by atoms with E-state index >= 15 is 0 Å². The lowest BCUT2D eigenvalue weighted by Crippen LogP contribution is -1.92. The second-order valence-electron chi connectivity index (χ2n) is 13.4. The largest absolute Gasteiger partial charge is 0.455 e. The molecule has 0 aliphatic heterocycles. The third-order valence-electron chi connectivity index (χ3n) is 10.4. The Morgan fingerprint density at radius 3 is 1.53 bits per heavy atom. The van der Waals surface area contributed by atoms with E-state index < -0.39 is 0 Å². The van der Waals surface area contributed by atoms with Crippen molar-refractivity contribution in [1.82, 2.24) is 0 Å². The van der Waals surface area contributed by atoms with Crippen molar-refractivity contribution in [2.24, 2.45) is 0 Å². The molecular weight excluding hydrogens is 593 g/mol. The highest BCUT2D eigenvalue weighted by atomic mass is 16.3. The van der Waals surface area contributed by atoms with Crippen LogP contribution < -0.4 is 0 Å². The highest BCUT2D eigenvalue weighted by molar-refractivity contribution is 6.30. The molecule has 0 aliphatic carbocycles. The molecule has 0 saturated heterocycles. The lowest BCUT2D eigenvalue weighted by atomic mass is 9.84. The van der Waals surface area contributed by atoms with Crippen LogP contribution in [-0.2, 0) is 0 Å². The van der Waals surface area contributed by atoms with Gasteiger partial charge in [0.15, 0.2) is 0 Å². The monoisotopic (exact) mass is 624 g/mol. The molecule has 1 heterocycles. The molecule has 0 saturated carbocycles. The summed E-state index contributed by atoms with van der Waals surface area (Å²) in [7, 11) is 0. The van der Waals surface area contributed by atoms with Crippen LogP contribution in [0.3, 0.4) is 0 Å². The molecule has 230 valence electrons. The third kappa shape index (κ3) is 4.33. The fourth-order valence-corrected chi connectivity index (χ4v) is 7.90. The van der Waals surface area contributed by atoms with Gasteiger partial charge in [-0.2, -0.15) is 0 Å². The Balaban J connectivity index is 1.21. The SMILES string of the molecule is Cc1ccc(-c2ccc3ccc4c(-c5ccc(C)cc5)cc(-c5ccc(-c6cccc7c6oc6ccccc67)cc5)c5ccc2c3c45)cc1. The molecule has 10 rings (SSSR count). The van der Waals surface area contributed by atoms with E-state index in [1.807, 2.05) is 12.1 Å². The minimum atomic E-state index is 0.921. The van der Waals surface area contributed by atoms with Gasteiger partial charge in [-0.1, -0.05) is 157 Å². The van der Waals surface area contributed by atoms with Gasteiger partial charge in [0.2, 0.25) is 0 Å². The summed E-state index contributed by atoms with van der Waals surface area (Å²) in [5.41, 5.74) is 14.1. The molecule has 0 radical (unpaired) electrons. The number of furan rings is 1. The lowest BCUT2D eigenvalue weighted by molar-refractivity contribution is 0.670. The van der Waals surface area contributed by atoms with Gasteiger partial charge in [-0.3, -0.25) is 0 Å². The second-order valence-corrected chi connectivity index (χ2v) is 13.4. The van der Waals surface area contributed by atoms with E-state index in [1.165, 1.54) is 76.8 Å². The van der Waals surface area contributed by atoms with Crippen molar-refractivity contribution < 1.29 is 4.42 Å². The molecular formula is C48H32O. The summed E-state index contributed by atoms with van der Waals surface area (Å²) in [4.78, 5) is 0. The zero-order valence-corrected chi connectivity index (χ0v) is 27.4. The highest BCUT2D eigenvalue weighted by Gasteiger charge is 2.19. The van der Waals surface area contributed by atoms with E-state index in [9.17, 15) is 0 Å². The average molecular weight is 625 g/mol. The van der Waals surface area contributed by atoms with Gasteiger partial charge < -0.3 is 4.42 Å². The number of hydrogen-bond donors (Lipinski definition) is 0. The zero-order valence-electron chi connectivity index (χ0n) is 27.4. The maximum atomic E-state index is 6.40. The fraction of sp³-hybridized carbons (Fsp3) is 0.0417. The fourth-order valence-electron chi connectivity index (χ4n) is 7.90. The van der Waals surface area contributed by atoms with Gasteiger partial charge in [-0.05, 0) is 97.2 Å². The van der Waals surface area contributed by atoms with Gasteiger partial charge in [0.1, 0.15) is 11.2 Å². The molecule has 0 fully saturated rings. The van der Waals surface area contributed by atoms with Crippen molar-refractivity contribution in [2.45, 2.75) is 13.8 Å². The van der Waals surface area contributed by atoms with Crippen LogP contribution in [0.25, 0.3) is 98.8 Å². The molecule has 0 bridgehead atoms. The Bertz CT molecular complexity index is 2850. The number of fused-ring (bicyclic) bond motifs is 3. The zero-order chi connectivity index (χ0) is 32.6. The van der Waals surface area contributed by atoms with E-state index in [4.69, 9.17) is 4.42 Å². The van der Waals surface area contributed by atoms with Crippen LogP contribution in [0.4, 0.5) is 0 Å². The Morgan fingerprint density at radius 2 is 0.857 bits per heavy atom. The van der Waals surface area contributed by atoms with E-state index in [-0.39, 0.29) is 0 Å². The predicted molar refractivity (Wildman–Crippen MR) is 209 cm³/mol. The lowest BCUT2D eigenvalue weighted by Gasteiger charge is -2.20. The van der Waals surface area contributed by atoms with Crippen LogP contribution in [0.15, 0.2) is 162 Å². The second kappa shape index (κ2) is 10.7. The minimum Gasteiger partial charge on any atom is -0.455 e. The predicted octanol–water partition coefficient (Wildman–Crippen LogP) is 13.8. The topological polar surface area (TPSA) is 13.1 Å². The van der Waals surface area contributed by atoms with E-state index in [0.29, 0.717) is 0 Å². The maximum absolute atomic E-state index is 6.40. The first-order chi connectivity index (χ1) is 24.1. The Hall–Kier alpha value is -6.18. The molecule has 0 aliphatic rings. The van der Waals surface area contributed by atoms with E-state index in [2.05, 4.69) is 159 Å². The van der Waals surface area contributed by atoms with Crippen molar-refractivity contribution >= 4 is 54.3 Å². The van der Waals surface area contributed by atoms with Gasteiger partial charge in [0.25, 0.3) is 0 Å². The molecule has 10 aromatic rings. The van der Waals surface area contributed by atoms with Crippen LogP contribution in [0, 0.1) is 13.8 Å². The normalized spacial score (nSPS) is 11.9. The molecule has 9 aromatic carbocycles. The summed E-state index contributed by atoms with van der Waals surface area (Å²) in [6.07, 6.45) is 0. The maximum Gasteiger partial charge on any atom is 0.143 e. The van der Waals surface area contributed by atoms with Gasteiger partial charge in [-0.25, -0.2) is 0 Å². The third-order valence-corrected chi connectivity index (χ3v) is 10.4. The van der Waals surface area contributed by atoms with E-state index in [0.717, 1.165) is 33.1 Å². The molecule has 0 unspecified atom stereocenters. The standard InChI is InChI=1S/C48H32O/c1-29-10-14-31(15-11-29)36-24-22-35-23-25-40-43(33-16-12-30(2)13-17-33)28-44(41-27-26-39(36)46(35)47(40)41)34-20-18-32(19-21-34)37-7-5-8-42-38-6-3-4-9-45(38)49-48(37)42/h3-28H,1-2H3. The van der Waals surface area contributed by atoms with Crippen LogP contribution in [0.2, 0.25) is 0 Å². The summed E-state index contributed by atoms with van der Waals surface area (Å²) < 4.78 is 6.40. The van der Waals surface area contributed by atoms with Crippen molar-refractivity contribution in [2.75, 3.05) is 0 Å². The quantitative estimate of drug-likeness (QED) is 0.178. The summed E-state index contributed by atoms with van der Waals surface area (Å²) in [6.45, 7) is 4.30. The molecule has 0 atom stereocenters. The number of benzene rings is 9. The van der Waals surface area contributed by atoms with Crippen LogP contribution in [-0.4, -0.2) is 0 Å². The van der Waals surface area contributed by atoms with Gasteiger partial charge in [0.05, 0.1) is 0 Å². The summed E-state index contributed by atoms with van der Waals surface area (Å²) >= 11 is 0. The summed E-state index contributed by atoms with van der Waals surface area (Å²) in [6, 6.07) is 58.0.